The Morgan fingerprint density at radius 2 is 2.04 bits per heavy atom. The molecule has 0 bridgehead atoms. The van der Waals surface area contributed by atoms with E-state index in [0.717, 1.165) is 40.8 Å². The maximum absolute atomic E-state index is 13.2. The summed E-state index contributed by atoms with van der Waals surface area (Å²) in [6.45, 7) is 0.427. The van der Waals surface area contributed by atoms with Crippen molar-refractivity contribution in [1.29, 1.82) is 0 Å². The number of thiophene rings is 1. The van der Waals surface area contributed by atoms with E-state index in [0.29, 0.717) is 12.2 Å². The van der Waals surface area contributed by atoms with Gasteiger partial charge in [0, 0.05) is 6.04 Å². The Kier molecular flexibility index (Phi) is 4.24. The van der Waals surface area contributed by atoms with Gasteiger partial charge in [-0.1, -0.05) is 30.3 Å². The number of hydrazone groups is 1. The third kappa shape index (κ3) is 3.01. The van der Waals surface area contributed by atoms with Crippen molar-refractivity contribution in [1.82, 2.24) is 14.9 Å². The smallest absolute Gasteiger partial charge is 0.291 e. The van der Waals surface area contributed by atoms with Gasteiger partial charge in [0.25, 0.3) is 5.91 Å². The van der Waals surface area contributed by atoms with Gasteiger partial charge in [0.15, 0.2) is 0 Å². The fraction of sp³-hybridized carbons (Fsp3) is 0.286. The highest BCUT2D eigenvalue weighted by molar-refractivity contribution is 7.17. The molecule has 3 heterocycles. The molecule has 1 N–H and O–H groups in total. The molecule has 1 fully saturated rings. The second-order valence-corrected chi connectivity index (χ2v) is 8.20. The largest absolute Gasteiger partial charge is 0.352 e. The molecular weight excluding hydrogens is 372 g/mol. The van der Waals surface area contributed by atoms with Gasteiger partial charge in [-0.15, -0.1) is 11.3 Å². The molecule has 7 heteroatoms. The second-order valence-electron chi connectivity index (χ2n) is 7.26. The Morgan fingerprint density at radius 1 is 1.21 bits per heavy atom. The number of hydrogen-bond acceptors (Lipinski definition) is 4. The molecule has 0 saturated heterocycles. The van der Waals surface area contributed by atoms with Crippen molar-refractivity contribution in [3.05, 3.63) is 59.1 Å². The lowest BCUT2D eigenvalue weighted by molar-refractivity contribution is -0.123. The van der Waals surface area contributed by atoms with E-state index in [1.165, 1.54) is 5.01 Å². The number of fused-ring (bicyclic) bond motifs is 3. The van der Waals surface area contributed by atoms with Crippen LogP contribution in [0.25, 0.3) is 10.2 Å². The quantitative estimate of drug-likeness (QED) is 0.741. The fourth-order valence-electron chi connectivity index (χ4n) is 3.68. The van der Waals surface area contributed by atoms with Crippen LogP contribution in [0.2, 0.25) is 0 Å². The van der Waals surface area contributed by atoms with Crippen LogP contribution in [-0.2, 0) is 11.3 Å². The average molecular weight is 392 g/mol. The van der Waals surface area contributed by atoms with E-state index in [2.05, 4.69) is 10.4 Å². The molecule has 6 nitrogen and oxygen atoms in total. The van der Waals surface area contributed by atoms with Gasteiger partial charge in [-0.2, -0.15) is 5.10 Å². The number of amides is 2. The number of carbonyl (C=O) groups is 2. The molecule has 2 aliphatic rings. The van der Waals surface area contributed by atoms with Crippen LogP contribution < -0.4 is 5.32 Å². The number of nitrogens with zero attached hydrogens (tertiary/aromatic N) is 3. The average Bonchev–Trinajstić information content (AvgIpc) is 3.23. The van der Waals surface area contributed by atoms with Crippen molar-refractivity contribution in [3.63, 3.8) is 0 Å². The van der Waals surface area contributed by atoms with Crippen LogP contribution in [-0.4, -0.2) is 39.7 Å². The van der Waals surface area contributed by atoms with Gasteiger partial charge in [-0.25, -0.2) is 5.01 Å². The Labute approximate surface area is 166 Å². The minimum Gasteiger partial charge on any atom is -0.352 e. The number of rotatable bonds is 4. The first-order valence-corrected chi connectivity index (χ1v) is 10.4. The summed E-state index contributed by atoms with van der Waals surface area (Å²) in [5.74, 6) is -0.394. The van der Waals surface area contributed by atoms with Crippen molar-refractivity contribution in [2.45, 2.75) is 31.8 Å². The molecule has 2 amide bonds. The summed E-state index contributed by atoms with van der Waals surface area (Å²) >= 11 is 1.61. The highest BCUT2D eigenvalue weighted by atomic mass is 32.1. The van der Waals surface area contributed by atoms with Crippen LogP contribution >= 0.6 is 11.3 Å². The molecule has 28 heavy (non-hydrogen) atoms. The van der Waals surface area contributed by atoms with Gasteiger partial charge in [0.2, 0.25) is 5.91 Å². The lowest BCUT2D eigenvalue weighted by atomic mass is 9.93. The Morgan fingerprint density at radius 3 is 2.79 bits per heavy atom. The van der Waals surface area contributed by atoms with E-state index < -0.39 is 0 Å². The van der Waals surface area contributed by atoms with Crippen molar-refractivity contribution in [3.8, 4) is 0 Å². The predicted molar refractivity (Wildman–Crippen MR) is 110 cm³/mol. The number of hydrogen-bond donors (Lipinski definition) is 1. The molecule has 1 aliphatic carbocycles. The van der Waals surface area contributed by atoms with Crippen LogP contribution in [0.4, 0.5) is 0 Å². The molecule has 1 aromatic carbocycles. The molecule has 0 radical (unpaired) electrons. The third-order valence-electron chi connectivity index (χ3n) is 5.40. The zero-order chi connectivity index (χ0) is 19.1. The monoisotopic (exact) mass is 392 g/mol. The highest BCUT2D eigenvalue weighted by Gasteiger charge is 2.29. The highest BCUT2D eigenvalue weighted by Crippen LogP contribution is 2.28. The van der Waals surface area contributed by atoms with Crippen LogP contribution in [0.1, 0.15) is 35.3 Å². The second kappa shape index (κ2) is 6.91. The number of benzene rings is 1. The topological polar surface area (TPSA) is 66.7 Å². The molecule has 3 aromatic rings. The normalized spacial score (nSPS) is 17.1. The Hall–Kier alpha value is -2.93. The summed E-state index contributed by atoms with van der Waals surface area (Å²) in [7, 11) is 0. The SMILES string of the molecule is O=C(CN1N=C(c2ccccc2)Cn2c(cc3sccc32)C1=O)NC1CCC1. The van der Waals surface area contributed by atoms with E-state index in [1.54, 1.807) is 11.3 Å². The molecule has 1 aliphatic heterocycles. The van der Waals surface area contributed by atoms with Gasteiger partial charge >= 0.3 is 0 Å². The van der Waals surface area contributed by atoms with E-state index in [-0.39, 0.29) is 24.4 Å². The predicted octanol–water partition coefficient (Wildman–Crippen LogP) is 3.23. The molecule has 2 aromatic heterocycles. The molecule has 0 unspecified atom stereocenters. The molecule has 142 valence electrons. The van der Waals surface area contributed by atoms with Gasteiger partial charge in [-0.05, 0) is 42.3 Å². The molecular formula is C21H20N4O2S. The lowest BCUT2D eigenvalue weighted by Crippen LogP contribution is -2.45. The summed E-state index contributed by atoms with van der Waals surface area (Å²) in [4.78, 5) is 25.7. The first-order valence-electron chi connectivity index (χ1n) is 9.50. The van der Waals surface area contributed by atoms with E-state index in [1.807, 2.05) is 52.4 Å². The van der Waals surface area contributed by atoms with Crippen LogP contribution in [0.5, 0.6) is 0 Å². The summed E-state index contributed by atoms with van der Waals surface area (Å²) in [5.41, 5.74) is 3.32. The van der Waals surface area contributed by atoms with Crippen LogP contribution in [0, 0.1) is 0 Å². The van der Waals surface area contributed by atoms with Crippen molar-refractivity contribution < 1.29 is 9.59 Å². The van der Waals surface area contributed by atoms with Gasteiger partial charge in [0.05, 0.1) is 22.5 Å². The van der Waals surface area contributed by atoms with Gasteiger partial charge < -0.3 is 9.88 Å². The first-order chi connectivity index (χ1) is 13.7. The Balaban J connectivity index is 1.53. The molecule has 1 saturated carbocycles. The Bertz CT molecular complexity index is 1080. The maximum atomic E-state index is 13.2. The van der Waals surface area contributed by atoms with Crippen molar-refractivity contribution in [2.75, 3.05) is 6.54 Å². The minimum absolute atomic E-state index is 0.0650. The van der Waals surface area contributed by atoms with E-state index in [9.17, 15) is 9.59 Å². The summed E-state index contributed by atoms with van der Waals surface area (Å²) in [6.07, 6.45) is 3.17. The fourth-order valence-corrected chi connectivity index (χ4v) is 4.50. The first kappa shape index (κ1) is 17.2. The van der Waals surface area contributed by atoms with Gasteiger partial charge in [-0.3, -0.25) is 9.59 Å². The van der Waals surface area contributed by atoms with Gasteiger partial charge in [0.1, 0.15) is 12.2 Å². The molecule has 0 spiro atoms. The van der Waals surface area contributed by atoms with Crippen molar-refractivity contribution in [2.24, 2.45) is 5.10 Å². The zero-order valence-electron chi connectivity index (χ0n) is 15.3. The third-order valence-corrected chi connectivity index (χ3v) is 6.25. The van der Waals surface area contributed by atoms with E-state index >= 15 is 0 Å². The van der Waals surface area contributed by atoms with Crippen LogP contribution in [0.3, 0.4) is 0 Å². The standard InChI is InChI=1S/C21H20N4O2S/c26-20(22-15-7-4-8-15)13-25-21(27)18-11-19-17(9-10-28-19)24(18)12-16(23-25)14-5-2-1-3-6-14/h1-3,5-6,9-11,15H,4,7-8,12-13H2,(H,22,26). The number of aromatic nitrogens is 1. The summed E-state index contributed by atoms with van der Waals surface area (Å²) < 4.78 is 3.07. The molecule has 5 rings (SSSR count). The van der Waals surface area contributed by atoms with E-state index in [4.69, 9.17) is 0 Å². The molecule has 0 atom stereocenters. The summed E-state index contributed by atoms with van der Waals surface area (Å²) in [5, 5.41) is 11.0. The lowest BCUT2D eigenvalue weighted by Gasteiger charge is -2.27. The minimum atomic E-state index is -0.238. The van der Waals surface area contributed by atoms with Crippen LogP contribution in [0.15, 0.2) is 52.9 Å². The summed E-state index contributed by atoms with van der Waals surface area (Å²) in [6, 6.07) is 14.0. The number of carbonyl (C=O) groups excluding carboxylic acids is 2. The zero-order valence-corrected chi connectivity index (χ0v) is 16.1. The maximum Gasteiger partial charge on any atom is 0.291 e. The number of nitrogens with one attached hydrogen (secondary N) is 1. The van der Waals surface area contributed by atoms with Crippen molar-refractivity contribution >= 4 is 39.1 Å².